The first-order valence-electron chi connectivity index (χ1n) is 7.25. The lowest BCUT2D eigenvalue weighted by Gasteiger charge is -2.08. The van der Waals surface area contributed by atoms with E-state index in [2.05, 4.69) is 37.4 Å². The fourth-order valence-corrected chi connectivity index (χ4v) is 2.74. The molecule has 0 spiro atoms. The first-order valence-corrected chi connectivity index (χ1v) is 8.79. The summed E-state index contributed by atoms with van der Waals surface area (Å²) < 4.78 is 22.4. The van der Waals surface area contributed by atoms with Crippen LogP contribution in [0, 0.1) is 13.8 Å². The third-order valence-corrected chi connectivity index (χ3v) is 4.67. The van der Waals surface area contributed by atoms with Crippen LogP contribution in [-0.2, 0) is 23.0 Å². The minimum absolute atomic E-state index is 0.152. The molecule has 2 rings (SSSR count). The van der Waals surface area contributed by atoms with Crippen molar-refractivity contribution in [2.75, 3.05) is 6.54 Å². The Morgan fingerprint density at radius 3 is 2.18 bits per heavy atom. The van der Waals surface area contributed by atoms with Gasteiger partial charge in [0.15, 0.2) is 0 Å². The maximum Gasteiger partial charge on any atom is 0.238 e. The van der Waals surface area contributed by atoms with Gasteiger partial charge in [-0.15, -0.1) is 0 Å². The van der Waals surface area contributed by atoms with E-state index in [0.29, 0.717) is 0 Å². The maximum atomic E-state index is 11.2. The second-order valence-electron chi connectivity index (χ2n) is 5.53. The van der Waals surface area contributed by atoms with Gasteiger partial charge in [-0.05, 0) is 61.2 Å². The summed E-state index contributed by atoms with van der Waals surface area (Å²) in [5.74, 6) is 0. The van der Waals surface area contributed by atoms with Crippen molar-refractivity contribution in [3.8, 4) is 0 Å². The molecule has 0 saturated carbocycles. The Balaban J connectivity index is 1.82. The van der Waals surface area contributed by atoms with Gasteiger partial charge in [0, 0.05) is 6.54 Å². The van der Waals surface area contributed by atoms with Crippen LogP contribution in [0.5, 0.6) is 0 Å². The fraction of sp³-hybridized carbons (Fsp3) is 0.294. The average Bonchev–Trinajstić information content (AvgIpc) is 2.47. The zero-order valence-corrected chi connectivity index (χ0v) is 13.8. The van der Waals surface area contributed by atoms with Crippen molar-refractivity contribution in [2.45, 2.75) is 31.7 Å². The van der Waals surface area contributed by atoms with E-state index in [1.165, 1.54) is 16.7 Å². The van der Waals surface area contributed by atoms with Gasteiger partial charge in [0.05, 0.1) is 4.90 Å². The van der Waals surface area contributed by atoms with Crippen LogP contribution in [0.2, 0.25) is 0 Å². The number of benzene rings is 2. The van der Waals surface area contributed by atoms with Crippen LogP contribution in [0.4, 0.5) is 0 Å². The molecule has 0 amide bonds. The molecule has 0 aromatic heterocycles. The first-order chi connectivity index (χ1) is 10.4. The predicted octanol–water partition coefficient (Wildman–Crippen LogP) is 2.28. The second kappa shape index (κ2) is 7.05. The number of rotatable bonds is 6. The highest BCUT2D eigenvalue weighted by molar-refractivity contribution is 7.89. The number of sulfonamides is 1. The Labute approximate surface area is 132 Å². The molecule has 0 aliphatic heterocycles. The Morgan fingerprint density at radius 1 is 0.955 bits per heavy atom. The van der Waals surface area contributed by atoms with Gasteiger partial charge < -0.3 is 5.32 Å². The maximum absolute atomic E-state index is 11.2. The van der Waals surface area contributed by atoms with Crippen molar-refractivity contribution in [2.24, 2.45) is 5.14 Å². The Hall–Kier alpha value is -1.69. The molecule has 0 heterocycles. The number of hydrogen-bond donors (Lipinski definition) is 2. The van der Waals surface area contributed by atoms with E-state index < -0.39 is 10.0 Å². The van der Waals surface area contributed by atoms with Crippen LogP contribution in [0.1, 0.15) is 22.3 Å². The molecule has 0 fully saturated rings. The van der Waals surface area contributed by atoms with Crippen molar-refractivity contribution in [3.63, 3.8) is 0 Å². The summed E-state index contributed by atoms with van der Waals surface area (Å²) in [6, 6.07) is 13.2. The molecule has 118 valence electrons. The van der Waals surface area contributed by atoms with E-state index in [-0.39, 0.29) is 4.90 Å². The number of aryl methyl sites for hydroxylation is 2. The van der Waals surface area contributed by atoms with Crippen LogP contribution >= 0.6 is 0 Å². The van der Waals surface area contributed by atoms with Gasteiger partial charge in [-0.1, -0.05) is 30.3 Å². The van der Waals surface area contributed by atoms with E-state index in [1.807, 2.05) is 0 Å². The van der Waals surface area contributed by atoms with Crippen LogP contribution in [0.15, 0.2) is 47.4 Å². The normalized spacial score (nSPS) is 11.6. The highest BCUT2D eigenvalue weighted by atomic mass is 32.2. The molecule has 5 heteroatoms. The zero-order valence-electron chi connectivity index (χ0n) is 13.0. The highest BCUT2D eigenvalue weighted by Gasteiger charge is 2.06. The SMILES string of the molecule is Cc1ccc(CNCCc2ccc(S(N)(=O)=O)cc2)cc1C. The van der Waals surface area contributed by atoms with Gasteiger partial charge in [-0.25, -0.2) is 13.6 Å². The van der Waals surface area contributed by atoms with E-state index in [9.17, 15) is 8.42 Å². The molecule has 22 heavy (non-hydrogen) atoms. The first kappa shape index (κ1) is 16.7. The third kappa shape index (κ3) is 4.66. The Morgan fingerprint density at radius 2 is 1.59 bits per heavy atom. The molecule has 0 aliphatic carbocycles. The Kier molecular flexibility index (Phi) is 5.34. The minimum atomic E-state index is -3.60. The molecule has 0 saturated heterocycles. The zero-order chi connectivity index (χ0) is 16.2. The Bertz CT molecular complexity index is 738. The molecular weight excluding hydrogens is 296 g/mol. The van der Waals surface area contributed by atoms with E-state index in [4.69, 9.17) is 5.14 Å². The molecule has 4 nitrogen and oxygen atoms in total. The minimum Gasteiger partial charge on any atom is -0.312 e. The molecule has 0 aliphatic rings. The molecule has 0 radical (unpaired) electrons. The van der Waals surface area contributed by atoms with Gasteiger partial charge in [0.2, 0.25) is 10.0 Å². The van der Waals surface area contributed by atoms with Crippen molar-refractivity contribution in [1.29, 1.82) is 0 Å². The number of primary sulfonamides is 1. The number of nitrogens with two attached hydrogens (primary N) is 1. The van der Waals surface area contributed by atoms with E-state index >= 15 is 0 Å². The van der Waals surface area contributed by atoms with Crippen molar-refractivity contribution in [3.05, 3.63) is 64.7 Å². The van der Waals surface area contributed by atoms with E-state index in [1.54, 1.807) is 24.3 Å². The summed E-state index contributed by atoms with van der Waals surface area (Å²) in [6.07, 6.45) is 0.843. The molecule has 2 aromatic rings. The molecule has 2 aromatic carbocycles. The van der Waals surface area contributed by atoms with Gasteiger partial charge in [0.25, 0.3) is 0 Å². The second-order valence-corrected chi connectivity index (χ2v) is 7.10. The van der Waals surface area contributed by atoms with Gasteiger partial charge >= 0.3 is 0 Å². The lowest BCUT2D eigenvalue weighted by Crippen LogP contribution is -2.17. The van der Waals surface area contributed by atoms with Crippen molar-refractivity contribution in [1.82, 2.24) is 5.32 Å². The fourth-order valence-electron chi connectivity index (χ4n) is 2.22. The predicted molar refractivity (Wildman–Crippen MR) is 89.1 cm³/mol. The summed E-state index contributed by atoms with van der Waals surface area (Å²) in [5, 5.41) is 8.47. The molecule has 0 bridgehead atoms. The van der Waals surface area contributed by atoms with Gasteiger partial charge in [-0.3, -0.25) is 0 Å². The quantitative estimate of drug-likeness (QED) is 0.803. The largest absolute Gasteiger partial charge is 0.312 e. The summed E-state index contributed by atoms with van der Waals surface area (Å²) in [7, 11) is -3.60. The summed E-state index contributed by atoms with van der Waals surface area (Å²) in [6.45, 7) is 5.89. The van der Waals surface area contributed by atoms with Crippen LogP contribution in [0.25, 0.3) is 0 Å². The summed E-state index contributed by atoms with van der Waals surface area (Å²) in [4.78, 5) is 0.152. The van der Waals surface area contributed by atoms with Crippen molar-refractivity contribution >= 4 is 10.0 Å². The molecule has 0 unspecified atom stereocenters. The lowest BCUT2D eigenvalue weighted by molar-refractivity contribution is 0.597. The smallest absolute Gasteiger partial charge is 0.238 e. The van der Waals surface area contributed by atoms with Gasteiger partial charge in [0.1, 0.15) is 0 Å². The van der Waals surface area contributed by atoms with Crippen LogP contribution in [0.3, 0.4) is 0 Å². The third-order valence-electron chi connectivity index (χ3n) is 3.74. The molecular formula is C17H22N2O2S. The highest BCUT2D eigenvalue weighted by Crippen LogP contribution is 2.10. The van der Waals surface area contributed by atoms with Gasteiger partial charge in [-0.2, -0.15) is 0 Å². The molecule has 3 N–H and O–H groups in total. The summed E-state index contributed by atoms with van der Waals surface area (Å²) >= 11 is 0. The topological polar surface area (TPSA) is 72.2 Å². The summed E-state index contributed by atoms with van der Waals surface area (Å²) in [5.41, 5.74) is 4.96. The monoisotopic (exact) mass is 318 g/mol. The van der Waals surface area contributed by atoms with Crippen LogP contribution < -0.4 is 10.5 Å². The average molecular weight is 318 g/mol. The van der Waals surface area contributed by atoms with E-state index in [0.717, 1.165) is 25.1 Å². The van der Waals surface area contributed by atoms with Crippen LogP contribution in [-0.4, -0.2) is 15.0 Å². The molecule has 0 atom stereocenters. The lowest BCUT2D eigenvalue weighted by atomic mass is 10.1. The number of nitrogens with one attached hydrogen (secondary N) is 1. The number of hydrogen-bond acceptors (Lipinski definition) is 3. The van der Waals surface area contributed by atoms with Crippen molar-refractivity contribution < 1.29 is 8.42 Å². The standard InChI is InChI=1S/C17H22N2O2S/c1-13-3-4-16(11-14(13)2)12-19-10-9-15-5-7-17(8-6-15)22(18,20)21/h3-8,11,19H,9-10,12H2,1-2H3,(H2,18,20,21).